The highest BCUT2D eigenvalue weighted by Gasteiger charge is 2.30. The number of ether oxygens (including phenoxy) is 3. The van der Waals surface area contributed by atoms with Gasteiger partial charge < -0.3 is 40.6 Å². The van der Waals surface area contributed by atoms with E-state index >= 15 is 0 Å². The molecule has 1 aromatic rings. The van der Waals surface area contributed by atoms with Crippen LogP contribution in [-0.4, -0.2) is 72.6 Å². The van der Waals surface area contributed by atoms with Crippen LogP contribution in [0.15, 0.2) is 42.0 Å². The van der Waals surface area contributed by atoms with Gasteiger partial charge in [0, 0.05) is 37.5 Å². The number of rotatable bonds is 6. The Hall–Kier alpha value is -3.58. The molecule has 0 unspecified atom stereocenters. The molecular formula is C31H46N3O9-. The summed E-state index contributed by atoms with van der Waals surface area (Å²) in [6.45, 7) is 10.5. The third kappa shape index (κ3) is 9.45. The molecule has 1 aromatic carbocycles. The van der Waals surface area contributed by atoms with Crippen LogP contribution in [0.5, 0.6) is 11.5 Å². The maximum atomic E-state index is 13.6. The number of nitrogens with one attached hydrogen (secondary N) is 1. The summed E-state index contributed by atoms with van der Waals surface area (Å²) in [7, 11) is 2.95. The number of hydrogen-bond donors (Lipinski definition) is 5. The highest BCUT2D eigenvalue weighted by molar-refractivity contribution is 6.04. The van der Waals surface area contributed by atoms with E-state index < -0.39 is 53.8 Å². The number of hydroxylamine groups is 1. The van der Waals surface area contributed by atoms with Gasteiger partial charge in [0.25, 0.3) is 5.91 Å². The molecule has 0 saturated carbocycles. The van der Waals surface area contributed by atoms with E-state index in [4.69, 9.17) is 19.9 Å². The molecule has 2 bridgehead atoms. The number of amides is 2. The number of nitrogens with two attached hydrogens (primary N) is 1. The van der Waals surface area contributed by atoms with Crippen molar-refractivity contribution in [2.45, 2.75) is 77.8 Å². The second kappa shape index (κ2) is 16.3. The normalized spacial score (nSPS) is 28.5. The van der Waals surface area contributed by atoms with E-state index in [2.05, 4.69) is 11.9 Å². The van der Waals surface area contributed by atoms with Crippen LogP contribution in [-0.2, 0) is 25.4 Å². The van der Waals surface area contributed by atoms with Gasteiger partial charge in [0.2, 0.25) is 0 Å². The van der Waals surface area contributed by atoms with E-state index in [-0.39, 0.29) is 35.8 Å². The summed E-state index contributed by atoms with van der Waals surface area (Å²) in [5, 5.41) is 49.7. The lowest BCUT2D eigenvalue weighted by molar-refractivity contribution is -0.268. The molecule has 240 valence electrons. The van der Waals surface area contributed by atoms with Gasteiger partial charge in [-0.1, -0.05) is 37.8 Å². The fraction of sp³-hybridized carbons (Fsp3) is 0.548. The van der Waals surface area contributed by atoms with E-state index in [1.807, 2.05) is 6.92 Å². The number of aliphatic hydroxyl groups is 1. The second-order valence-electron chi connectivity index (χ2n) is 11.1. The van der Waals surface area contributed by atoms with Crippen molar-refractivity contribution in [3.8, 4) is 11.5 Å². The number of carbonyl (C=O) groups is 2. The molecule has 2 rings (SSSR count). The molecule has 12 heteroatoms. The molecule has 43 heavy (non-hydrogen) atoms. The molecule has 2 amide bonds. The molecule has 6 atom stereocenters. The number of phenolic OH excluding ortho intramolecular Hbond substituents is 1. The molecule has 0 spiro atoms. The largest absolute Gasteiger partial charge is 0.871 e. The smallest absolute Gasteiger partial charge is 0.405 e. The van der Waals surface area contributed by atoms with Crippen LogP contribution in [0.1, 0.15) is 52.5 Å². The van der Waals surface area contributed by atoms with Crippen LogP contribution >= 0.6 is 0 Å². The van der Waals surface area contributed by atoms with E-state index in [1.54, 1.807) is 32.9 Å². The molecule has 0 radical (unpaired) electrons. The van der Waals surface area contributed by atoms with Crippen LogP contribution in [0.4, 0.5) is 16.2 Å². The Kier molecular flexibility index (Phi) is 13.5. The van der Waals surface area contributed by atoms with Gasteiger partial charge in [-0.3, -0.25) is 10.0 Å². The Morgan fingerprint density at radius 2 is 1.91 bits per heavy atom. The number of carbonyl (C=O) groups excluding carboxylic acids is 2. The summed E-state index contributed by atoms with van der Waals surface area (Å²) in [6.07, 6.45) is 1.87. The van der Waals surface area contributed by atoms with Crippen molar-refractivity contribution in [3.05, 3.63) is 47.6 Å². The summed E-state index contributed by atoms with van der Waals surface area (Å²) in [4.78, 5) is 24.8. The molecule has 1 heterocycles. The van der Waals surface area contributed by atoms with Crippen LogP contribution in [0.2, 0.25) is 0 Å². The first-order valence-electron chi connectivity index (χ1n) is 14.2. The van der Waals surface area contributed by atoms with E-state index in [9.17, 15) is 30.1 Å². The van der Waals surface area contributed by atoms with Crippen molar-refractivity contribution in [3.63, 3.8) is 0 Å². The van der Waals surface area contributed by atoms with Crippen LogP contribution < -0.4 is 21.2 Å². The Bertz CT molecular complexity index is 1200. The number of aromatic hydroxyl groups is 1. The lowest BCUT2D eigenvalue weighted by atomic mass is 9.87. The van der Waals surface area contributed by atoms with Crippen molar-refractivity contribution in [2.24, 2.45) is 17.6 Å². The summed E-state index contributed by atoms with van der Waals surface area (Å²) in [5.74, 6) is -2.24. The topological polar surface area (TPSA) is 187 Å². The number of phenols is 1. The van der Waals surface area contributed by atoms with Crippen molar-refractivity contribution >= 4 is 23.4 Å². The zero-order valence-corrected chi connectivity index (χ0v) is 25.8. The molecule has 0 saturated heterocycles. The minimum Gasteiger partial charge on any atom is -0.871 e. The Balaban J connectivity index is 2.65. The van der Waals surface area contributed by atoms with Gasteiger partial charge in [-0.05, 0) is 56.6 Å². The van der Waals surface area contributed by atoms with Crippen molar-refractivity contribution in [2.75, 3.05) is 31.1 Å². The lowest BCUT2D eigenvalue weighted by Crippen LogP contribution is -2.37. The third-order valence-corrected chi connectivity index (χ3v) is 7.66. The Morgan fingerprint density at radius 1 is 1.26 bits per heavy atom. The maximum absolute atomic E-state index is 13.6. The second-order valence-corrected chi connectivity index (χ2v) is 11.1. The van der Waals surface area contributed by atoms with Gasteiger partial charge in [-0.25, -0.2) is 9.86 Å². The fourth-order valence-electron chi connectivity index (χ4n) is 5.39. The molecular weight excluding hydrogens is 558 g/mol. The van der Waals surface area contributed by atoms with Gasteiger partial charge >= 0.3 is 6.09 Å². The number of methoxy groups -OCH3 is 2. The average molecular weight is 605 g/mol. The van der Waals surface area contributed by atoms with E-state index in [0.717, 1.165) is 11.1 Å². The summed E-state index contributed by atoms with van der Waals surface area (Å²) in [6, 6.07) is 1.11. The highest BCUT2D eigenvalue weighted by Crippen LogP contribution is 2.42. The number of fused-ring (bicyclic) bond motifs is 2. The number of aliphatic hydroxyl groups excluding tert-OH is 1. The Labute approximate surface area is 253 Å². The molecule has 0 aliphatic carbocycles. The van der Waals surface area contributed by atoms with Crippen molar-refractivity contribution in [1.82, 2.24) is 0 Å². The first-order chi connectivity index (χ1) is 20.2. The third-order valence-electron chi connectivity index (χ3n) is 7.66. The lowest BCUT2D eigenvalue weighted by Gasteiger charge is -2.31. The molecule has 12 nitrogen and oxygen atoms in total. The summed E-state index contributed by atoms with van der Waals surface area (Å²) in [5.41, 5.74) is 6.15. The maximum Gasteiger partial charge on any atom is 0.405 e. The molecule has 0 fully saturated rings. The van der Waals surface area contributed by atoms with Crippen molar-refractivity contribution in [1.29, 1.82) is 0 Å². The molecule has 6 N–H and O–H groups in total. The van der Waals surface area contributed by atoms with Gasteiger partial charge in [0.15, 0.2) is 6.10 Å². The number of anilines is 2. The number of allylic oxidation sites excluding steroid dienone is 1. The van der Waals surface area contributed by atoms with Crippen LogP contribution in [0.3, 0.4) is 0 Å². The fourth-order valence-corrected chi connectivity index (χ4v) is 5.39. The number of hydrogen-bond acceptors (Lipinski definition) is 10. The van der Waals surface area contributed by atoms with Gasteiger partial charge in [0.05, 0.1) is 24.9 Å². The van der Waals surface area contributed by atoms with Gasteiger partial charge in [0.1, 0.15) is 11.4 Å². The minimum absolute atomic E-state index is 0.0620. The van der Waals surface area contributed by atoms with E-state index in [0.29, 0.717) is 30.4 Å². The summed E-state index contributed by atoms with van der Waals surface area (Å²) < 4.78 is 16.7. The first kappa shape index (κ1) is 35.6. The van der Waals surface area contributed by atoms with Gasteiger partial charge in [-0.15, -0.1) is 6.58 Å². The molecule has 1 aliphatic heterocycles. The quantitative estimate of drug-likeness (QED) is 0.237. The summed E-state index contributed by atoms with van der Waals surface area (Å²) >= 11 is 0. The highest BCUT2D eigenvalue weighted by atomic mass is 16.6. The zero-order valence-electron chi connectivity index (χ0n) is 25.8. The minimum atomic E-state index is -0.981. The predicted molar refractivity (Wildman–Crippen MR) is 161 cm³/mol. The predicted octanol–water partition coefficient (Wildman–Crippen LogP) is 3.53. The molecule has 0 aromatic heterocycles. The molecule has 1 aliphatic rings. The number of benzene rings is 1. The van der Waals surface area contributed by atoms with E-state index in [1.165, 1.54) is 20.3 Å². The SMILES string of the molecule is C=CCN(O)c1c(O)cc2c([O-])c1C[C@@H](C)C[C@H](OC)[C@H](O)[C@@H](C)/C=C(\C)[C@H](OC(N)=O)[C@@H](OC)CC/C=C(\C)C(=O)N2. The van der Waals surface area contributed by atoms with Crippen LogP contribution in [0, 0.1) is 11.8 Å². The Morgan fingerprint density at radius 3 is 2.49 bits per heavy atom. The number of nitrogens with zero attached hydrogens (tertiary/aromatic N) is 1. The van der Waals surface area contributed by atoms with Crippen molar-refractivity contribution < 1.29 is 44.3 Å². The standard InChI is InChI=1S/C31H47N3O9/c1-8-12-34(40)26-21-13-17(2)14-25(42-7)27(36)19(4)15-20(5)29(43-31(32)39)24(41-6)11-9-10-18(3)30(38)33-22(28(21)37)16-23(26)35/h8,10,15-17,19,24-25,27,29,35-37,40H,1,9,11-14H2,2-7H3,(H2,32,39)(H,33,38)/p-1/b18-10+,20-15+/t17-,19+,24+,25+,27-,29+/m1/s1. The zero-order chi connectivity index (χ0) is 32.4. The average Bonchev–Trinajstić information content (AvgIpc) is 2.94. The first-order valence-corrected chi connectivity index (χ1v) is 14.2. The monoisotopic (exact) mass is 604 g/mol. The van der Waals surface area contributed by atoms with Crippen LogP contribution in [0.25, 0.3) is 0 Å². The van der Waals surface area contributed by atoms with Gasteiger partial charge in [-0.2, -0.15) is 0 Å². The number of primary amides is 1.